The number of anilines is 1. The normalized spacial score (nSPS) is 11.6. The second-order valence-electron chi connectivity index (χ2n) is 6.16. The summed E-state index contributed by atoms with van der Waals surface area (Å²) in [5, 5.41) is 7.11. The molecule has 0 aliphatic carbocycles. The predicted octanol–water partition coefficient (Wildman–Crippen LogP) is 3.00. The number of rotatable bonds is 7. The molecule has 152 valence electrons. The maximum absolute atomic E-state index is 12.5. The quantitative estimate of drug-likeness (QED) is 0.540. The zero-order valence-corrected chi connectivity index (χ0v) is 18.4. The summed E-state index contributed by atoms with van der Waals surface area (Å²) in [6.45, 7) is 0.104. The summed E-state index contributed by atoms with van der Waals surface area (Å²) < 4.78 is 28.6. The van der Waals surface area contributed by atoms with Gasteiger partial charge in [0.2, 0.25) is 21.9 Å². The summed E-state index contributed by atoms with van der Waals surface area (Å²) in [7, 11) is -2.50. The monoisotopic (exact) mass is 497 g/mol. The molecule has 0 radical (unpaired) electrons. The first kappa shape index (κ1) is 21.4. The van der Waals surface area contributed by atoms with E-state index < -0.39 is 15.9 Å². The highest BCUT2D eigenvalue weighted by Crippen LogP contribution is 2.17. The minimum atomic E-state index is -3.82. The van der Waals surface area contributed by atoms with Crippen molar-refractivity contribution in [3.05, 3.63) is 69.9 Å². The Hall–Kier alpha value is -2.27. The van der Waals surface area contributed by atoms with Crippen LogP contribution in [-0.2, 0) is 21.4 Å². The van der Waals surface area contributed by atoms with Crippen molar-refractivity contribution < 1.29 is 13.2 Å². The largest absolute Gasteiger partial charge is 0.292 e. The number of halogens is 2. The van der Waals surface area contributed by atoms with Crippen LogP contribution in [0, 0.1) is 0 Å². The van der Waals surface area contributed by atoms with E-state index in [0.717, 1.165) is 14.3 Å². The SMILES string of the molecule is CN(CC(=O)Nc1ncn(Cc2ccc(Br)cc2)n1)S(=O)(=O)c1ccc(Cl)cc1. The van der Waals surface area contributed by atoms with Gasteiger partial charge in [-0.25, -0.2) is 18.1 Å². The molecule has 0 unspecified atom stereocenters. The van der Waals surface area contributed by atoms with E-state index in [1.54, 1.807) is 4.68 Å². The Kier molecular flexibility index (Phi) is 6.68. The molecule has 0 bridgehead atoms. The molecule has 2 aromatic carbocycles. The van der Waals surface area contributed by atoms with Gasteiger partial charge < -0.3 is 0 Å². The zero-order chi connectivity index (χ0) is 21.0. The van der Waals surface area contributed by atoms with E-state index in [1.807, 2.05) is 24.3 Å². The van der Waals surface area contributed by atoms with Crippen molar-refractivity contribution >= 4 is 49.4 Å². The number of hydrogen-bond acceptors (Lipinski definition) is 5. The third kappa shape index (κ3) is 5.63. The van der Waals surface area contributed by atoms with Crippen molar-refractivity contribution in [1.29, 1.82) is 0 Å². The molecule has 11 heteroatoms. The second kappa shape index (κ2) is 9.04. The average Bonchev–Trinajstić information content (AvgIpc) is 3.10. The van der Waals surface area contributed by atoms with Gasteiger partial charge in [-0.15, -0.1) is 5.10 Å². The minimum absolute atomic E-state index is 0.0501. The van der Waals surface area contributed by atoms with Crippen LogP contribution in [0.5, 0.6) is 0 Å². The standard InChI is InChI=1S/C18H17BrClN5O3S/c1-24(29(27,28)16-8-6-15(20)7-9-16)11-17(26)22-18-21-12-25(23-18)10-13-2-4-14(19)5-3-13/h2-9,12H,10-11H2,1H3,(H,22,23,26). The molecular weight excluding hydrogens is 482 g/mol. The number of aromatic nitrogens is 3. The minimum Gasteiger partial charge on any atom is -0.292 e. The van der Waals surface area contributed by atoms with Gasteiger partial charge in [0.15, 0.2) is 0 Å². The van der Waals surface area contributed by atoms with Crippen LogP contribution < -0.4 is 5.32 Å². The number of sulfonamides is 1. The molecule has 8 nitrogen and oxygen atoms in total. The molecule has 1 N–H and O–H groups in total. The Bertz CT molecular complexity index is 1100. The van der Waals surface area contributed by atoms with E-state index in [9.17, 15) is 13.2 Å². The van der Waals surface area contributed by atoms with Gasteiger partial charge in [0.25, 0.3) is 0 Å². The number of hydrogen-bond donors (Lipinski definition) is 1. The lowest BCUT2D eigenvalue weighted by Gasteiger charge is -2.16. The third-order valence-electron chi connectivity index (χ3n) is 3.93. The Morgan fingerprint density at radius 1 is 1.17 bits per heavy atom. The number of nitrogens with zero attached hydrogens (tertiary/aromatic N) is 4. The highest BCUT2D eigenvalue weighted by molar-refractivity contribution is 9.10. The number of carbonyl (C=O) groups excluding carboxylic acids is 1. The van der Waals surface area contributed by atoms with Gasteiger partial charge in [-0.3, -0.25) is 10.1 Å². The highest BCUT2D eigenvalue weighted by atomic mass is 79.9. The molecule has 0 saturated heterocycles. The molecule has 3 rings (SSSR count). The molecule has 29 heavy (non-hydrogen) atoms. The van der Waals surface area contributed by atoms with Crippen molar-refractivity contribution in [2.45, 2.75) is 11.4 Å². The van der Waals surface area contributed by atoms with Gasteiger partial charge in [0.1, 0.15) is 6.33 Å². The first-order valence-corrected chi connectivity index (χ1v) is 11.0. The van der Waals surface area contributed by atoms with Crippen LogP contribution in [0.4, 0.5) is 5.95 Å². The van der Waals surface area contributed by atoms with Crippen LogP contribution in [0.15, 0.2) is 64.2 Å². The fraction of sp³-hybridized carbons (Fsp3) is 0.167. The van der Waals surface area contributed by atoms with Gasteiger partial charge in [-0.2, -0.15) is 4.31 Å². The van der Waals surface area contributed by atoms with Crippen LogP contribution in [0.3, 0.4) is 0 Å². The lowest BCUT2D eigenvalue weighted by molar-refractivity contribution is -0.116. The maximum Gasteiger partial charge on any atom is 0.248 e. The summed E-state index contributed by atoms with van der Waals surface area (Å²) in [6, 6.07) is 13.5. The summed E-state index contributed by atoms with van der Waals surface area (Å²) >= 11 is 9.16. The van der Waals surface area contributed by atoms with Gasteiger partial charge in [-0.1, -0.05) is 39.7 Å². The van der Waals surface area contributed by atoms with E-state index in [1.165, 1.54) is 37.6 Å². The topological polar surface area (TPSA) is 97.2 Å². The molecule has 0 spiro atoms. The first-order valence-electron chi connectivity index (χ1n) is 8.40. The fourth-order valence-electron chi connectivity index (χ4n) is 2.44. The Labute approximate surface area is 181 Å². The zero-order valence-electron chi connectivity index (χ0n) is 15.3. The van der Waals surface area contributed by atoms with Crippen LogP contribution >= 0.6 is 27.5 Å². The molecule has 1 aromatic heterocycles. The van der Waals surface area contributed by atoms with Crippen molar-refractivity contribution in [2.75, 3.05) is 18.9 Å². The van der Waals surface area contributed by atoms with Crippen molar-refractivity contribution in [3.63, 3.8) is 0 Å². The van der Waals surface area contributed by atoms with Gasteiger partial charge in [0, 0.05) is 16.5 Å². The molecule has 0 aliphatic rings. The molecule has 3 aromatic rings. The number of amides is 1. The van der Waals surface area contributed by atoms with Crippen molar-refractivity contribution in [1.82, 2.24) is 19.1 Å². The van der Waals surface area contributed by atoms with Crippen molar-refractivity contribution in [3.8, 4) is 0 Å². The van der Waals surface area contributed by atoms with E-state index >= 15 is 0 Å². The van der Waals surface area contributed by atoms with E-state index in [2.05, 4.69) is 31.3 Å². The summed E-state index contributed by atoms with van der Waals surface area (Å²) in [6.07, 6.45) is 1.49. The van der Waals surface area contributed by atoms with Crippen LogP contribution in [0.1, 0.15) is 5.56 Å². The van der Waals surface area contributed by atoms with Crippen LogP contribution in [0.25, 0.3) is 0 Å². The molecular formula is C18H17BrClN5O3S. The van der Waals surface area contributed by atoms with E-state index in [-0.39, 0.29) is 17.4 Å². The Morgan fingerprint density at radius 3 is 2.48 bits per heavy atom. The molecule has 0 atom stereocenters. The fourth-order valence-corrected chi connectivity index (χ4v) is 3.96. The molecule has 0 fully saturated rings. The molecule has 0 saturated carbocycles. The predicted molar refractivity (Wildman–Crippen MR) is 113 cm³/mol. The summed E-state index contributed by atoms with van der Waals surface area (Å²) in [5.74, 6) is -0.448. The smallest absolute Gasteiger partial charge is 0.248 e. The summed E-state index contributed by atoms with van der Waals surface area (Å²) in [5.41, 5.74) is 1.02. The molecule has 1 heterocycles. The first-order chi connectivity index (χ1) is 13.7. The lowest BCUT2D eigenvalue weighted by Crippen LogP contribution is -2.35. The molecule has 0 aliphatic heterocycles. The number of nitrogens with one attached hydrogen (secondary N) is 1. The van der Waals surface area contributed by atoms with E-state index in [0.29, 0.717) is 11.6 Å². The third-order valence-corrected chi connectivity index (χ3v) is 6.53. The van der Waals surface area contributed by atoms with Crippen LogP contribution in [-0.4, -0.2) is 47.0 Å². The maximum atomic E-state index is 12.5. The van der Waals surface area contributed by atoms with Gasteiger partial charge in [0.05, 0.1) is 18.0 Å². The van der Waals surface area contributed by atoms with Gasteiger partial charge >= 0.3 is 0 Å². The average molecular weight is 499 g/mol. The highest BCUT2D eigenvalue weighted by Gasteiger charge is 2.23. The number of likely N-dealkylation sites (N-methyl/N-ethyl adjacent to an activating group) is 1. The number of benzene rings is 2. The molecule has 1 amide bonds. The second-order valence-corrected chi connectivity index (χ2v) is 9.55. The summed E-state index contributed by atoms with van der Waals surface area (Å²) in [4.78, 5) is 16.3. The Balaban J connectivity index is 1.59. The van der Waals surface area contributed by atoms with Crippen molar-refractivity contribution in [2.24, 2.45) is 0 Å². The Morgan fingerprint density at radius 2 is 1.83 bits per heavy atom. The van der Waals surface area contributed by atoms with Crippen LogP contribution in [0.2, 0.25) is 5.02 Å². The van der Waals surface area contributed by atoms with E-state index in [4.69, 9.17) is 11.6 Å². The number of carbonyl (C=O) groups is 1. The van der Waals surface area contributed by atoms with Gasteiger partial charge in [-0.05, 0) is 42.0 Å². The lowest BCUT2D eigenvalue weighted by atomic mass is 10.2.